The van der Waals surface area contributed by atoms with Crippen LogP contribution in [0.2, 0.25) is 0 Å². The van der Waals surface area contributed by atoms with Crippen molar-refractivity contribution in [2.45, 2.75) is 13.8 Å². The van der Waals surface area contributed by atoms with Crippen molar-refractivity contribution in [2.24, 2.45) is 0 Å². The van der Waals surface area contributed by atoms with Gasteiger partial charge < -0.3 is 0 Å². The molecule has 1 aromatic heterocycles. The van der Waals surface area contributed by atoms with Crippen molar-refractivity contribution in [3.63, 3.8) is 0 Å². The van der Waals surface area contributed by atoms with Crippen LogP contribution < -0.4 is 5.32 Å². The van der Waals surface area contributed by atoms with E-state index < -0.39 is 0 Å². The molecule has 1 heterocycles. The van der Waals surface area contributed by atoms with Crippen molar-refractivity contribution in [1.29, 1.82) is 0 Å². The predicted octanol–water partition coefficient (Wildman–Crippen LogP) is 6.35. The molecule has 0 aliphatic rings. The zero-order valence-corrected chi connectivity index (χ0v) is 16.6. The summed E-state index contributed by atoms with van der Waals surface area (Å²) in [7, 11) is 0. The third kappa shape index (κ3) is 3.87. The SMILES string of the molecule is Cc1ccc(C)c(-c2csc(NC(=O)c3ccc(-c4ccccc4)cc3)n2)c1. The van der Waals surface area contributed by atoms with Gasteiger partial charge in [0, 0.05) is 16.5 Å². The molecule has 0 atom stereocenters. The van der Waals surface area contributed by atoms with E-state index in [1.54, 1.807) is 0 Å². The summed E-state index contributed by atoms with van der Waals surface area (Å²) in [6, 6.07) is 24.0. The van der Waals surface area contributed by atoms with E-state index in [1.165, 1.54) is 22.5 Å². The quantitative estimate of drug-likeness (QED) is 0.446. The number of nitrogens with zero attached hydrogens (tertiary/aromatic N) is 1. The number of carbonyl (C=O) groups excluding carboxylic acids is 1. The van der Waals surface area contributed by atoms with E-state index in [9.17, 15) is 4.79 Å². The number of benzene rings is 3. The van der Waals surface area contributed by atoms with Crippen molar-refractivity contribution in [2.75, 3.05) is 5.32 Å². The molecule has 4 aromatic rings. The molecule has 3 nitrogen and oxygen atoms in total. The van der Waals surface area contributed by atoms with Crippen LogP contribution in [0.15, 0.2) is 78.2 Å². The summed E-state index contributed by atoms with van der Waals surface area (Å²) in [5, 5.41) is 5.50. The monoisotopic (exact) mass is 384 g/mol. The van der Waals surface area contributed by atoms with Gasteiger partial charge in [0.05, 0.1) is 5.69 Å². The van der Waals surface area contributed by atoms with Gasteiger partial charge >= 0.3 is 0 Å². The molecule has 1 amide bonds. The summed E-state index contributed by atoms with van der Waals surface area (Å²) in [6.07, 6.45) is 0. The molecule has 0 radical (unpaired) electrons. The maximum absolute atomic E-state index is 12.6. The van der Waals surface area contributed by atoms with Crippen LogP contribution in [0.4, 0.5) is 5.13 Å². The highest BCUT2D eigenvalue weighted by molar-refractivity contribution is 7.14. The number of aromatic nitrogens is 1. The third-order valence-electron chi connectivity index (χ3n) is 4.65. The van der Waals surface area contributed by atoms with Crippen LogP contribution in [-0.2, 0) is 0 Å². The zero-order chi connectivity index (χ0) is 19.5. The number of amides is 1. The largest absolute Gasteiger partial charge is 0.298 e. The fourth-order valence-electron chi connectivity index (χ4n) is 3.08. The van der Waals surface area contributed by atoms with Crippen LogP contribution in [0.5, 0.6) is 0 Å². The van der Waals surface area contributed by atoms with Gasteiger partial charge in [0.15, 0.2) is 5.13 Å². The molecule has 4 rings (SSSR count). The summed E-state index contributed by atoms with van der Waals surface area (Å²) in [5.41, 5.74) is 7.19. The Hall–Kier alpha value is -3.24. The van der Waals surface area contributed by atoms with E-state index in [2.05, 4.69) is 54.5 Å². The van der Waals surface area contributed by atoms with Crippen molar-refractivity contribution in [3.05, 3.63) is 94.9 Å². The average molecular weight is 385 g/mol. The average Bonchev–Trinajstić information content (AvgIpc) is 3.19. The van der Waals surface area contributed by atoms with Crippen LogP contribution in [0, 0.1) is 13.8 Å². The van der Waals surface area contributed by atoms with Crippen molar-refractivity contribution in [1.82, 2.24) is 4.98 Å². The number of aryl methyl sites for hydroxylation is 2. The standard InChI is InChI=1S/C24H20N2OS/c1-16-8-9-17(2)21(14-16)22-15-28-24(25-22)26-23(27)20-12-10-19(11-13-20)18-6-4-3-5-7-18/h3-15H,1-2H3,(H,25,26,27). The number of hydrogen-bond acceptors (Lipinski definition) is 3. The van der Waals surface area contributed by atoms with E-state index >= 15 is 0 Å². The first-order valence-corrected chi connectivity index (χ1v) is 9.98. The van der Waals surface area contributed by atoms with Gasteiger partial charge in [0.25, 0.3) is 5.91 Å². The normalized spacial score (nSPS) is 10.6. The Morgan fingerprint density at radius 2 is 1.61 bits per heavy atom. The second-order valence-corrected chi connectivity index (χ2v) is 7.61. The first-order valence-electron chi connectivity index (χ1n) is 9.10. The van der Waals surface area contributed by atoms with Gasteiger partial charge in [-0.1, -0.05) is 60.2 Å². The highest BCUT2D eigenvalue weighted by Gasteiger charge is 2.11. The van der Waals surface area contributed by atoms with Gasteiger partial charge in [-0.05, 0) is 48.7 Å². The number of thiazole rings is 1. The topological polar surface area (TPSA) is 42.0 Å². The van der Waals surface area contributed by atoms with Gasteiger partial charge in [-0.15, -0.1) is 11.3 Å². The molecule has 0 aliphatic heterocycles. The first-order chi connectivity index (χ1) is 13.6. The number of rotatable bonds is 4. The van der Waals surface area contributed by atoms with E-state index in [-0.39, 0.29) is 5.91 Å². The van der Waals surface area contributed by atoms with Gasteiger partial charge in [-0.25, -0.2) is 4.98 Å². The van der Waals surface area contributed by atoms with E-state index in [1.807, 2.05) is 47.8 Å². The lowest BCUT2D eigenvalue weighted by molar-refractivity contribution is 0.102. The summed E-state index contributed by atoms with van der Waals surface area (Å²) in [4.78, 5) is 17.2. The molecule has 0 saturated heterocycles. The summed E-state index contributed by atoms with van der Waals surface area (Å²) >= 11 is 1.44. The molecule has 0 saturated carbocycles. The molecule has 0 bridgehead atoms. The highest BCUT2D eigenvalue weighted by Crippen LogP contribution is 2.28. The molecule has 0 aliphatic carbocycles. The van der Waals surface area contributed by atoms with Crippen molar-refractivity contribution in [3.8, 4) is 22.4 Å². The van der Waals surface area contributed by atoms with Gasteiger partial charge in [-0.3, -0.25) is 10.1 Å². The fourth-order valence-corrected chi connectivity index (χ4v) is 3.79. The maximum Gasteiger partial charge on any atom is 0.257 e. The minimum Gasteiger partial charge on any atom is -0.298 e. The first kappa shape index (κ1) is 18.1. The summed E-state index contributed by atoms with van der Waals surface area (Å²) in [5.74, 6) is -0.151. The van der Waals surface area contributed by atoms with Crippen LogP contribution >= 0.6 is 11.3 Å². The summed E-state index contributed by atoms with van der Waals surface area (Å²) < 4.78 is 0. The molecule has 0 fully saturated rings. The zero-order valence-electron chi connectivity index (χ0n) is 15.8. The van der Waals surface area contributed by atoms with Crippen molar-refractivity contribution >= 4 is 22.4 Å². The highest BCUT2D eigenvalue weighted by atomic mass is 32.1. The Labute approximate surface area is 168 Å². The molecule has 0 spiro atoms. The molecule has 28 heavy (non-hydrogen) atoms. The minimum absolute atomic E-state index is 0.151. The number of carbonyl (C=O) groups is 1. The van der Waals surface area contributed by atoms with E-state index in [4.69, 9.17) is 0 Å². The molecule has 1 N–H and O–H groups in total. The third-order valence-corrected chi connectivity index (χ3v) is 5.41. The number of anilines is 1. The van der Waals surface area contributed by atoms with Gasteiger partial charge in [0.2, 0.25) is 0 Å². The Morgan fingerprint density at radius 3 is 2.36 bits per heavy atom. The van der Waals surface area contributed by atoms with Gasteiger partial charge in [-0.2, -0.15) is 0 Å². The lowest BCUT2D eigenvalue weighted by Crippen LogP contribution is -2.11. The Morgan fingerprint density at radius 1 is 0.893 bits per heavy atom. The lowest BCUT2D eigenvalue weighted by atomic mass is 10.0. The fraction of sp³-hybridized carbons (Fsp3) is 0.0833. The van der Waals surface area contributed by atoms with Crippen LogP contribution in [0.3, 0.4) is 0 Å². The molecular weight excluding hydrogens is 364 g/mol. The Kier molecular flexibility index (Phi) is 5.04. The van der Waals surface area contributed by atoms with E-state index in [0.29, 0.717) is 10.7 Å². The molecule has 0 unspecified atom stereocenters. The number of nitrogens with one attached hydrogen (secondary N) is 1. The van der Waals surface area contributed by atoms with E-state index in [0.717, 1.165) is 22.4 Å². The minimum atomic E-state index is -0.151. The van der Waals surface area contributed by atoms with Gasteiger partial charge in [0.1, 0.15) is 0 Å². The Balaban J connectivity index is 1.50. The van der Waals surface area contributed by atoms with Crippen molar-refractivity contribution < 1.29 is 4.79 Å². The second-order valence-electron chi connectivity index (χ2n) is 6.75. The Bertz CT molecular complexity index is 1120. The van der Waals surface area contributed by atoms with Crippen LogP contribution in [0.1, 0.15) is 21.5 Å². The molecule has 4 heteroatoms. The van der Waals surface area contributed by atoms with Crippen LogP contribution in [0.25, 0.3) is 22.4 Å². The molecule has 3 aromatic carbocycles. The van der Waals surface area contributed by atoms with Crippen LogP contribution in [-0.4, -0.2) is 10.9 Å². The smallest absolute Gasteiger partial charge is 0.257 e. The number of hydrogen-bond donors (Lipinski definition) is 1. The summed E-state index contributed by atoms with van der Waals surface area (Å²) in [6.45, 7) is 4.14. The predicted molar refractivity (Wildman–Crippen MR) is 117 cm³/mol. The molecular formula is C24H20N2OS. The second kappa shape index (κ2) is 7.79. The molecule has 138 valence electrons. The maximum atomic E-state index is 12.6. The lowest BCUT2D eigenvalue weighted by Gasteiger charge is -2.05.